The molecule has 0 saturated heterocycles. The molecule has 0 aliphatic carbocycles. The van der Waals surface area contributed by atoms with Crippen LogP contribution in [0.3, 0.4) is 0 Å². The standard InChI is InChI=1S/C19H20N/c1-4-19(2,15-10-6-5-7-11-15)17-14-20(3)18-13-9-8-12-16(17)18/h5-14H,1,4H2,2-3H3/t19-/m0/s1. The maximum Gasteiger partial charge on any atom is 0.0480 e. The second-order valence-corrected chi connectivity index (χ2v) is 5.62. The molecule has 0 aliphatic heterocycles. The minimum atomic E-state index is -0.0534. The molecule has 0 fully saturated rings. The van der Waals surface area contributed by atoms with Crippen LogP contribution in [0.25, 0.3) is 10.9 Å². The van der Waals surface area contributed by atoms with E-state index in [4.69, 9.17) is 0 Å². The molecule has 0 spiro atoms. The summed E-state index contributed by atoms with van der Waals surface area (Å²) in [7, 11) is 2.11. The van der Waals surface area contributed by atoms with Gasteiger partial charge in [0.25, 0.3) is 0 Å². The van der Waals surface area contributed by atoms with Gasteiger partial charge in [0.1, 0.15) is 0 Å². The molecule has 3 rings (SSSR count). The lowest BCUT2D eigenvalue weighted by Crippen LogP contribution is -2.22. The Morgan fingerprint density at radius 3 is 2.35 bits per heavy atom. The van der Waals surface area contributed by atoms with E-state index in [9.17, 15) is 0 Å². The van der Waals surface area contributed by atoms with Crippen molar-refractivity contribution in [2.45, 2.75) is 18.8 Å². The molecule has 101 valence electrons. The summed E-state index contributed by atoms with van der Waals surface area (Å²) in [6.07, 6.45) is 3.09. The van der Waals surface area contributed by atoms with Crippen LogP contribution in [0.2, 0.25) is 0 Å². The SMILES string of the molecule is [CH2]C[C@@](C)(c1ccccc1)c1cn(C)c2ccccc12. The van der Waals surface area contributed by atoms with Gasteiger partial charge in [-0.3, -0.25) is 0 Å². The first-order chi connectivity index (χ1) is 9.66. The molecule has 0 N–H and O–H groups in total. The van der Waals surface area contributed by atoms with Gasteiger partial charge in [0.15, 0.2) is 0 Å². The van der Waals surface area contributed by atoms with Gasteiger partial charge in [0, 0.05) is 29.6 Å². The Morgan fingerprint density at radius 2 is 1.65 bits per heavy atom. The second-order valence-electron chi connectivity index (χ2n) is 5.62. The molecule has 1 nitrogen and oxygen atoms in total. The lowest BCUT2D eigenvalue weighted by Gasteiger charge is -2.29. The van der Waals surface area contributed by atoms with Crippen molar-refractivity contribution in [3.8, 4) is 0 Å². The van der Waals surface area contributed by atoms with Gasteiger partial charge >= 0.3 is 0 Å². The van der Waals surface area contributed by atoms with Crippen LogP contribution in [0, 0.1) is 6.92 Å². The first kappa shape index (κ1) is 13.0. The van der Waals surface area contributed by atoms with Crippen LogP contribution in [-0.4, -0.2) is 4.57 Å². The molecular formula is C19H20N. The third-order valence-electron chi connectivity index (χ3n) is 4.40. The summed E-state index contributed by atoms with van der Waals surface area (Å²) >= 11 is 0. The Bertz CT molecular complexity index is 724. The highest BCUT2D eigenvalue weighted by molar-refractivity contribution is 5.85. The van der Waals surface area contributed by atoms with Gasteiger partial charge in [-0.15, -0.1) is 0 Å². The van der Waals surface area contributed by atoms with Gasteiger partial charge in [0.05, 0.1) is 0 Å². The Hall–Kier alpha value is -2.02. The highest BCUT2D eigenvalue weighted by Gasteiger charge is 2.29. The molecule has 20 heavy (non-hydrogen) atoms. The molecular weight excluding hydrogens is 242 g/mol. The number of nitrogens with zero attached hydrogens (tertiary/aromatic N) is 1. The van der Waals surface area contributed by atoms with Crippen LogP contribution in [0.5, 0.6) is 0 Å². The average Bonchev–Trinajstić information content (AvgIpc) is 2.85. The van der Waals surface area contributed by atoms with Crippen molar-refractivity contribution in [1.29, 1.82) is 0 Å². The Labute approximate surface area is 120 Å². The van der Waals surface area contributed by atoms with Crippen molar-refractivity contribution in [2.24, 2.45) is 7.05 Å². The third-order valence-corrected chi connectivity index (χ3v) is 4.40. The number of aromatic nitrogens is 1. The van der Waals surface area contributed by atoms with Crippen molar-refractivity contribution in [3.63, 3.8) is 0 Å². The fourth-order valence-corrected chi connectivity index (χ4v) is 3.02. The van der Waals surface area contributed by atoms with Crippen LogP contribution in [0.15, 0.2) is 60.8 Å². The third kappa shape index (κ3) is 1.85. The molecule has 1 heteroatoms. The zero-order chi connectivity index (χ0) is 14.2. The quantitative estimate of drug-likeness (QED) is 0.644. The minimum Gasteiger partial charge on any atom is -0.350 e. The smallest absolute Gasteiger partial charge is 0.0480 e. The number of rotatable bonds is 3. The summed E-state index contributed by atoms with van der Waals surface area (Å²) in [5.41, 5.74) is 3.91. The minimum absolute atomic E-state index is 0.0534. The van der Waals surface area contributed by atoms with Crippen molar-refractivity contribution in [2.75, 3.05) is 0 Å². The lowest BCUT2D eigenvalue weighted by molar-refractivity contribution is 0.581. The van der Waals surface area contributed by atoms with Crippen LogP contribution in [0.1, 0.15) is 24.5 Å². The molecule has 0 bridgehead atoms. The molecule has 0 unspecified atom stereocenters. The number of para-hydroxylation sites is 1. The molecule has 1 aromatic heterocycles. The van der Waals surface area contributed by atoms with E-state index < -0.39 is 0 Å². The molecule has 0 aliphatic rings. The Kier molecular flexibility index (Phi) is 3.13. The van der Waals surface area contributed by atoms with Crippen molar-refractivity contribution < 1.29 is 0 Å². The number of benzene rings is 2. The van der Waals surface area contributed by atoms with E-state index in [1.807, 2.05) is 0 Å². The first-order valence-corrected chi connectivity index (χ1v) is 7.06. The van der Waals surface area contributed by atoms with E-state index >= 15 is 0 Å². The summed E-state index contributed by atoms with van der Waals surface area (Å²) in [5.74, 6) is 0. The topological polar surface area (TPSA) is 4.93 Å². The van der Waals surface area contributed by atoms with E-state index in [2.05, 4.69) is 86.3 Å². The van der Waals surface area contributed by atoms with E-state index in [-0.39, 0.29) is 5.41 Å². The molecule has 0 saturated carbocycles. The van der Waals surface area contributed by atoms with Gasteiger partial charge in [-0.1, -0.05) is 62.4 Å². The van der Waals surface area contributed by atoms with Crippen LogP contribution in [-0.2, 0) is 12.5 Å². The van der Waals surface area contributed by atoms with Gasteiger partial charge in [0.2, 0.25) is 0 Å². The van der Waals surface area contributed by atoms with E-state index in [1.165, 1.54) is 22.0 Å². The Morgan fingerprint density at radius 1 is 1.00 bits per heavy atom. The zero-order valence-electron chi connectivity index (χ0n) is 12.1. The molecule has 1 atom stereocenters. The number of hydrogen-bond acceptors (Lipinski definition) is 0. The van der Waals surface area contributed by atoms with Crippen LogP contribution >= 0.6 is 0 Å². The van der Waals surface area contributed by atoms with Gasteiger partial charge in [-0.2, -0.15) is 0 Å². The Balaban J connectivity index is 2.27. The highest BCUT2D eigenvalue weighted by atomic mass is 14.9. The number of aryl methyl sites for hydroxylation is 1. The summed E-state index contributed by atoms with van der Waals surface area (Å²) in [6.45, 7) is 6.51. The predicted octanol–water partition coefficient (Wildman–Crippen LogP) is 4.71. The van der Waals surface area contributed by atoms with Gasteiger partial charge < -0.3 is 4.57 Å². The molecule has 0 amide bonds. The predicted molar refractivity (Wildman–Crippen MR) is 85.8 cm³/mol. The van der Waals surface area contributed by atoms with E-state index in [1.54, 1.807) is 0 Å². The monoisotopic (exact) mass is 262 g/mol. The molecule has 1 radical (unpaired) electrons. The lowest BCUT2D eigenvalue weighted by atomic mass is 9.74. The first-order valence-electron chi connectivity index (χ1n) is 7.06. The summed E-state index contributed by atoms with van der Waals surface area (Å²) < 4.78 is 2.21. The largest absolute Gasteiger partial charge is 0.350 e. The number of fused-ring (bicyclic) bond motifs is 1. The molecule has 1 heterocycles. The maximum absolute atomic E-state index is 4.22. The summed E-state index contributed by atoms with van der Waals surface area (Å²) in [4.78, 5) is 0. The van der Waals surface area contributed by atoms with Crippen LogP contribution < -0.4 is 0 Å². The van der Waals surface area contributed by atoms with Crippen LogP contribution in [0.4, 0.5) is 0 Å². The van der Waals surface area contributed by atoms with E-state index in [0.717, 1.165) is 6.42 Å². The van der Waals surface area contributed by atoms with Gasteiger partial charge in [-0.25, -0.2) is 0 Å². The average molecular weight is 262 g/mol. The fourth-order valence-electron chi connectivity index (χ4n) is 3.02. The summed E-state index contributed by atoms with van der Waals surface area (Å²) in [6, 6.07) is 19.3. The molecule has 2 aromatic carbocycles. The van der Waals surface area contributed by atoms with Crippen molar-refractivity contribution >= 4 is 10.9 Å². The normalized spacial score (nSPS) is 14.3. The second kappa shape index (κ2) is 4.82. The maximum atomic E-state index is 4.22. The number of hydrogen-bond donors (Lipinski definition) is 0. The van der Waals surface area contributed by atoms with Gasteiger partial charge in [-0.05, 0) is 23.6 Å². The zero-order valence-corrected chi connectivity index (χ0v) is 12.1. The molecule has 3 aromatic rings. The summed E-state index contributed by atoms with van der Waals surface area (Å²) in [5, 5.41) is 1.32. The fraction of sp³-hybridized carbons (Fsp3) is 0.211. The highest BCUT2D eigenvalue weighted by Crippen LogP contribution is 2.39. The van der Waals surface area contributed by atoms with Crippen molar-refractivity contribution in [1.82, 2.24) is 4.57 Å². The van der Waals surface area contributed by atoms with E-state index in [0.29, 0.717) is 0 Å². The van der Waals surface area contributed by atoms with Crippen molar-refractivity contribution in [3.05, 3.63) is 78.8 Å².